The van der Waals surface area contributed by atoms with Crippen LogP contribution in [-0.2, 0) is 26.5 Å². The lowest BCUT2D eigenvalue weighted by atomic mass is 9.94. The standard InChI is InChI=1S/C35H27N3O6S2/c1-19-16-25-17-23(14-15-27(25)44-19)30(39)28-29(21-10-12-22(13-11-21)33(42)43-2)38(32(41)31(28)40)34-36-37-35(46-34)45-18-24-8-5-7-20-6-3-4-9-26(20)24/h3-15,17,19,29,39H,16,18H2,1-2H3/b30-28+/t19-,29+/m0/s1. The molecule has 0 spiro atoms. The topological polar surface area (TPSA) is 119 Å². The van der Waals surface area contributed by atoms with Gasteiger partial charge in [0.25, 0.3) is 5.78 Å². The number of hydrogen-bond acceptors (Lipinski definition) is 10. The summed E-state index contributed by atoms with van der Waals surface area (Å²) >= 11 is 2.68. The van der Waals surface area contributed by atoms with Crippen molar-refractivity contribution in [3.63, 3.8) is 0 Å². The smallest absolute Gasteiger partial charge is 0.337 e. The van der Waals surface area contributed by atoms with Gasteiger partial charge in [0.2, 0.25) is 5.13 Å². The number of amides is 1. The number of carbonyl (C=O) groups is 3. The molecule has 7 rings (SSSR count). The average molecular weight is 650 g/mol. The highest BCUT2D eigenvalue weighted by atomic mass is 32.2. The molecule has 0 saturated carbocycles. The Morgan fingerprint density at radius 2 is 1.78 bits per heavy atom. The van der Waals surface area contributed by atoms with E-state index in [0.29, 0.717) is 33.2 Å². The maximum absolute atomic E-state index is 13.7. The number of anilines is 1. The van der Waals surface area contributed by atoms with Crippen LogP contribution in [0, 0.1) is 0 Å². The summed E-state index contributed by atoms with van der Waals surface area (Å²) < 4.78 is 11.3. The van der Waals surface area contributed by atoms with E-state index in [4.69, 9.17) is 9.47 Å². The quantitative estimate of drug-likeness (QED) is 0.0512. The number of thioether (sulfide) groups is 1. The van der Waals surface area contributed by atoms with Crippen molar-refractivity contribution >= 4 is 62.4 Å². The van der Waals surface area contributed by atoms with Crippen LogP contribution < -0.4 is 9.64 Å². The van der Waals surface area contributed by atoms with Gasteiger partial charge in [0.15, 0.2) is 4.34 Å². The predicted octanol–water partition coefficient (Wildman–Crippen LogP) is 6.72. The summed E-state index contributed by atoms with van der Waals surface area (Å²) in [7, 11) is 1.29. The van der Waals surface area contributed by atoms with Gasteiger partial charge in [0, 0.05) is 17.7 Å². The number of ether oxygens (including phenoxy) is 2. The lowest BCUT2D eigenvalue weighted by molar-refractivity contribution is -0.132. The zero-order valence-corrected chi connectivity index (χ0v) is 26.4. The molecule has 1 N–H and O–H groups in total. The molecule has 0 radical (unpaired) electrons. The number of rotatable bonds is 7. The third kappa shape index (κ3) is 5.31. The maximum Gasteiger partial charge on any atom is 0.337 e. The first-order chi connectivity index (χ1) is 22.3. The molecule has 9 nitrogen and oxygen atoms in total. The molecule has 0 unspecified atom stereocenters. The Morgan fingerprint density at radius 3 is 2.59 bits per heavy atom. The summed E-state index contributed by atoms with van der Waals surface area (Å²) in [6.45, 7) is 1.96. The van der Waals surface area contributed by atoms with E-state index in [2.05, 4.69) is 34.5 Å². The Kier molecular flexibility index (Phi) is 7.79. The highest BCUT2D eigenvalue weighted by Crippen LogP contribution is 2.45. The fourth-order valence-electron chi connectivity index (χ4n) is 5.91. The zero-order valence-electron chi connectivity index (χ0n) is 24.8. The van der Waals surface area contributed by atoms with Crippen molar-refractivity contribution in [1.82, 2.24) is 10.2 Å². The minimum atomic E-state index is -1.01. The normalized spacial score (nSPS) is 18.5. The largest absolute Gasteiger partial charge is 0.507 e. The predicted molar refractivity (Wildman–Crippen MR) is 176 cm³/mol. The number of hydrogen-bond donors (Lipinski definition) is 1. The molecule has 2 atom stereocenters. The zero-order chi connectivity index (χ0) is 31.9. The molecule has 0 bridgehead atoms. The summed E-state index contributed by atoms with van der Waals surface area (Å²) in [5.41, 5.74) is 3.17. The summed E-state index contributed by atoms with van der Waals surface area (Å²) in [6.07, 6.45) is 0.657. The van der Waals surface area contributed by atoms with Crippen molar-refractivity contribution in [2.45, 2.75) is 35.6 Å². The molecule has 11 heteroatoms. The maximum atomic E-state index is 13.7. The van der Waals surface area contributed by atoms with Crippen molar-refractivity contribution in [3.05, 3.63) is 118 Å². The molecule has 1 aromatic heterocycles. The van der Waals surface area contributed by atoms with Crippen molar-refractivity contribution in [2.75, 3.05) is 12.0 Å². The van der Waals surface area contributed by atoms with Gasteiger partial charge in [-0.2, -0.15) is 0 Å². The van der Waals surface area contributed by atoms with Gasteiger partial charge in [0.1, 0.15) is 17.6 Å². The van der Waals surface area contributed by atoms with Crippen LogP contribution in [0.3, 0.4) is 0 Å². The van der Waals surface area contributed by atoms with Crippen LogP contribution in [-0.4, -0.2) is 46.2 Å². The van der Waals surface area contributed by atoms with Crippen molar-refractivity contribution in [2.24, 2.45) is 0 Å². The molecular formula is C35H27N3O6S2. The summed E-state index contributed by atoms with van der Waals surface area (Å²) in [5, 5.41) is 22.8. The van der Waals surface area contributed by atoms with Gasteiger partial charge in [-0.15, -0.1) is 10.2 Å². The van der Waals surface area contributed by atoms with Crippen LogP contribution in [0.1, 0.15) is 45.6 Å². The van der Waals surface area contributed by atoms with Crippen LogP contribution in [0.15, 0.2) is 94.8 Å². The SMILES string of the molecule is COC(=O)c1ccc([C@@H]2/C(=C(\O)c3ccc4c(c3)C[C@H](C)O4)C(=O)C(=O)N2c2nnc(SCc3cccc4ccccc34)s2)cc1. The van der Waals surface area contributed by atoms with E-state index in [1.807, 2.05) is 25.1 Å². The Labute approximate surface area is 272 Å². The first kappa shape index (κ1) is 29.7. The highest BCUT2D eigenvalue weighted by Gasteiger charge is 2.48. The van der Waals surface area contributed by atoms with Gasteiger partial charge >= 0.3 is 11.9 Å². The van der Waals surface area contributed by atoms with E-state index in [1.54, 1.807) is 42.5 Å². The van der Waals surface area contributed by atoms with Gasteiger partial charge in [-0.1, -0.05) is 77.7 Å². The Balaban J connectivity index is 1.26. The van der Waals surface area contributed by atoms with Crippen molar-refractivity contribution < 1.29 is 29.0 Å². The van der Waals surface area contributed by atoms with E-state index in [1.165, 1.54) is 35.1 Å². The molecule has 1 amide bonds. The number of nitrogens with zero attached hydrogens (tertiary/aromatic N) is 3. The minimum absolute atomic E-state index is 0.00335. The summed E-state index contributed by atoms with van der Waals surface area (Å²) in [6, 6.07) is 24.9. The molecular weight excluding hydrogens is 623 g/mol. The second-order valence-electron chi connectivity index (χ2n) is 11.0. The number of esters is 1. The Morgan fingerprint density at radius 1 is 1.02 bits per heavy atom. The summed E-state index contributed by atoms with van der Waals surface area (Å²) in [4.78, 5) is 40.8. The van der Waals surface area contributed by atoms with E-state index in [9.17, 15) is 19.5 Å². The fourth-order valence-corrected chi connectivity index (χ4v) is 7.78. The van der Waals surface area contributed by atoms with Gasteiger partial charge < -0.3 is 14.6 Å². The monoisotopic (exact) mass is 649 g/mol. The number of aliphatic hydroxyl groups excluding tert-OH is 1. The van der Waals surface area contributed by atoms with E-state index in [-0.39, 0.29) is 22.6 Å². The van der Waals surface area contributed by atoms with E-state index < -0.39 is 23.7 Å². The number of fused-ring (bicyclic) bond motifs is 2. The number of benzene rings is 4. The van der Waals surface area contributed by atoms with Crippen molar-refractivity contribution in [3.8, 4) is 5.75 Å². The third-order valence-corrected chi connectivity index (χ3v) is 10.2. The van der Waals surface area contributed by atoms with Gasteiger partial charge in [-0.3, -0.25) is 14.5 Å². The molecule has 2 aliphatic rings. The number of ketones is 1. The second-order valence-corrected chi connectivity index (χ2v) is 13.2. The van der Waals surface area contributed by atoms with Gasteiger partial charge in [-0.05, 0) is 64.7 Å². The molecule has 230 valence electrons. The molecule has 2 aliphatic heterocycles. The lowest BCUT2D eigenvalue weighted by Crippen LogP contribution is -2.29. The van der Waals surface area contributed by atoms with E-state index >= 15 is 0 Å². The fraction of sp³-hybridized carbons (Fsp3) is 0.171. The van der Waals surface area contributed by atoms with Crippen LogP contribution in [0.2, 0.25) is 0 Å². The molecule has 46 heavy (non-hydrogen) atoms. The van der Waals surface area contributed by atoms with Crippen LogP contribution in [0.25, 0.3) is 16.5 Å². The number of aliphatic hydroxyl groups is 1. The molecule has 5 aromatic rings. The van der Waals surface area contributed by atoms with Gasteiger partial charge in [0.05, 0.1) is 24.3 Å². The average Bonchev–Trinajstić information content (AvgIpc) is 3.77. The number of carbonyl (C=O) groups excluding carboxylic acids is 3. The second kappa shape index (κ2) is 12.1. The minimum Gasteiger partial charge on any atom is -0.507 e. The summed E-state index contributed by atoms with van der Waals surface area (Å²) in [5.74, 6) is -1.14. The molecule has 3 heterocycles. The number of aromatic nitrogens is 2. The Bertz CT molecular complexity index is 2050. The van der Waals surface area contributed by atoms with Crippen LogP contribution in [0.4, 0.5) is 5.13 Å². The Hall–Kier alpha value is -5.00. The first-order valence-electron chi connectivity index (χ1n) is 14.5. The molecule has 4 aromatic carbocycles. The number of methoxy groups -OCH3 is 1. The highest BCUT2D eigenvalue weighted by molar-refractivity contribution is 8.00. The third-order valence-electron chi connectivity index (χ3n) is 8.09. The first-order valence-corrected chi connectivity index (χ1v) is 16.3. The lowest BCUT2D eigenvalue weighted by Gasteiger charge is -2.22. The van der Waals surface area contributed by atoms with Crippen LogP contribution >= 0.6 is 23.1 Å². The van der Waals surface area contributed by atoms with Crippen LogP contribution in [0.5, 0.6) is 5.75 Å². The van der Waals surface area contributed by atoms with E-state index in [0.717, 1.165) is 27.6 Å². The molecule has 1 saturated heterocycles. The van der Waals surface area contributed by atoms with Gasteiger partial charge in [-0.25, -0.2) is 4.79 Å². The van der Waals surface area contributed by atoms with Crippen molar-refractivity contribution in [1.29, 1.82) is 0 Å². The molecule has 0 aliphatic carbocycles. The molecule has 1 fully saturated rings. The number of Topliss-reactive ketones (excluding diaryl/α,β-unsaturated/α-hetero) is 1.